The number of hydrogen-bond acceptors (Lipinski definition) is 2. The minimum absolute atomic E-state index is 0.0532. The molecule has 0 heterocycles. The SMILES string of the molecule is CCCCCCCC(CCCCC)COC(=O)C(CC)CCCC. The maximum atomic E-state index is 12.3. The van der Waals surface area contributed by atoms with E-state index in [1.165, 1.54) is 64.2 Å². The van der Waals surface area contributed by atoms with Crippen LogP contribution in [0.2, 0.25) is 0 Å². The maximum absolute atomic E-state index is 12.3. The lowest BCUT2D eigenvalue weighted by Crippen LogP contribution is -2.21. The molecule has 0 aliphatic carbocycles. The zero-order valence-electron chi connectivity index (χ0n) is 17.1. The van der Waals surface area contributed by atoms with Crippen LogP contribution in [-0.4, -0.2) is 12.6 Å². The van der Waals surface area contributed by atoms with Crippen LogP contribution < -0.4 is 0 Å². The molecule has 0 aromatic carbocycles. The van der Waals surface area contributed by atoms with E-state index in [4.69, 9.17) is 4.74 Å². The monoisotopic (exact) mass is 340 g/mol. The topological polar surface area (TPSA) is 26.3 Å². The van der Waals surface area contributed by atoms with Gasteiger partial charge in [0, 0.05) is 0 Å². The molecule has 0 saturated heterocycles. The molecule has 0 aliphatic heterocycles. The van der Waals surface area contributed by atoms with E-state index in [-0.39, 0.29) is 11.9 Å². The van der Waals surface area contributed by atoms with Crippen LogP contribution in [0.15, 0.2) is 0 Å². The molecular formula is C22H44O2. The van der Waals surface area contributed by atoms with Gasteiger partial charge in [0.25, 0.3) is 0 Å². The summed E-state index contributed by atoms with van der Waals surface area (Å²) >= 11 is 0. The molecule has 0 rings (SSSR count). The fourth-order valence-corrected chi connectivity index (χ4v) is 3.29. The molecule has 24 heavy (non-hydrogen) atoms. The van der Waals surface area contributed by atoms with E-state index in [0.717, 1.165) is 25.7 Å². The predicted molar refractivity (Wildman–Crippen MR) is 105 cm³/mol. The van der Waals surface area contributed by atoms with E-state index in [1.54, 1.807) is 0 Å². The Morgan fingerprint density at radius 3 is 1.83 bits per heavy atom. The Balaban J connectivity index is 4.17. The molecule has 0 radical (unpaired) electrons. The van der Waals surface area contributed by atoms with Crippen molar-refractivity contribution in [2.24, 2.45) is 11.8 Å². The zero-order chi connectivity index (χ0) is 18.0. The molecule has 2 heteroatoms. The molecule has 2 nitrogen and oxygen atoms in total. The molecule has 0 amide bonds. The van der Waals surface area contributed by atoms with Gasteiger partial charge in [0.15, 0.2) is 0 Å². The van der Waals surface area contributed by atoms with E-state index >= 15 is 0 Å². The van der Waals surface area contributed by atoms with Crippen LogP contribution in [0.1, 0.15) is 118 Å². The quantitative estimate of drug-likeness (QED) is 0.205. The summed E-state index contributed by atoms with van der Waals surface area (Å²) in [4.78, 5) is 12.3. The Kier molecular flexibility index (Phi) is 16.9. The van der Waals surface area contributed by atoms with Gasteiger partial charge in [0.2, 0.25) is 0 Å². The number of ether oxygens (including phenoxy) is 1. The van der Waals surface area contributed by atoms with Crippen LogP contribution in [0.5, 0.6) is 0 Å². The van der Waals surface area contributed by atoms with Crippen LogP contribution in [-0.2, 0) is 9.53 Å². The van der Waals surface area contributed by atoms with Crippen molar-refractivity contribution in [1.82, 2.24) is 0 Å². The molecule has 0 N–H and O–H groups in total. The van der Waals surface area contributed by atoms with E-state index in [0.29, 0.717) is 12.5 Å². The second-order valence-electron chi connectivity index (χ2n) is 7.44. The summed E-state index contributed by atoms with van der Waals surface area (Å²) in [5.74, 6) is 0.744. The summed E-state index contributed by atoms with van der Waals surface area (Å²) in [6.07, 6.45) is 17.1. The average Bonchev–Trinajstić information content (AvgIpc) is 2.59. The van der Waals surface area contributed by atoms with Gasteiger partial charge in [-0.15, -0.1) is 0 Å². The number of esters is 1. The van der Waals surface area contributed by atoms with Gasteiger partial charge in [-0.05, 0) is 31.6 Å². The fraction of sp³-hybridized carbons (Fsp3) is 0.955. The molecule has 2 unspecified atom stereocenters. The van der Waals surface area contributed by atoms with Crippen molar-refractivity contribution < 1.29 is 9.53 Å². The molecule has 0 fully saturated rings. The summed E-state index contributed by atoms with van der Waals surface area (Å²) in [5.41, 5.74) is 0. The maximum Gasteiger partial charge on any atom is 0.308 e. The zero-order valence-corrected chi connectivity index (χ0v) is 17.1. The van der Waals surface area contributed by atoms with Gasteiger partial charge >= 0.3 is 5.97 Å². The second kappa shape index (κ2) is 17.3. The molecule has 0 bridgehead atoms. The van der Waals surface area contributed by atoms with Crippen molar-refractivity contribution >= 4 is 5.97 Å². The molecule has 0 spiro atoms. The highest BCUT2D eigenvalue weighted by molar-refractivity contribution is 5.72. The van der Waals surface area contributed by atoms with E-state index < -0.39 is 0 Å². The lowest BCUT2D eigenvalue weighted by molar-refractivity contribution is -0.150. The molecular weight excluding hydrogens is 296 g/mol. The fourth-order valence-electron chi connectivity index (χ4n) is 3.29. The molecule has 2 atom stereocenters. The van der Waals surface area contributed by atoms with Crippen LogP contribution >= 0.6 is 0 Å². The first kappa shape index (κ1) is 23.5. The number of carbonyl (C=O) groups excluding carboxylic acids is 1. The number of hydrogen-bond donors (Lipinski definition) is 0. The Labute approximate surface area is 152 Å². The van der Waals surface area contributed by atoms with Crippen molar-refractivity contribution in [2.45, 2.75) is 118 Å². The van der Waals surface area contributed by atoms with E-state index in [2.05, 4.69) is 27.7 Å². The first-order valence-electron chi connectivity index (χ1n) is 10.9. The second-order valence-corrected chi connectivity index (χ2v) is 7.44. The van der Waals surface area contributed by atoms with Gasteiger partial charge in [-0.25, -0.2) is 0 Å². The highest BCUT2D eigenvalue weighted by atomic mass is 16.5. The minimum Gasteiger partial charge on any atom is -0.465 e. The third kappa shape index (κ3) is 12.8. The smallest absolute Gasteiger partial charge is 0.308 e. The van der Waals surface area contributed by atoms with Crippen molar-refractivity contribution in [2.75, 3.05) is 6.61 Å². The summed E-state index contributed by atoms with van der Waals surface area (Å²) in [6.45, 7) is 9.45. The number of carbonyl (C=O) groups is 1. The Bertz CT molecular complexity index is 275. The van der Waals surface area contributed by atoms with Crippen LogP contribution in [0.3, 0.4) is 0 Å². The first-order chi connectivity index (χ1) is 11.7. The standard InChI is InChI=1S/C22H44O2/c1-5-9-12-13-15-17-20(16-14-10-6-2)19-24-22(23)21(8-4)18-11-7-3/h20-21H,5-19H2,1-4H3. The number of rotatable bonds is 17. The van der Waals surface area contributed by atoms with Gasteiger partial charge in [-0.3, -0.25) is 4.79 Å². The molecule has 0 aliphatic rings. The summed E-state index contributed by atoms with van der Waals surface area (Å²) in [5, 5.41) is 0. The van der Waals surface area contributed by atoms with Crippen molar-refractivity contribution in [3.63, 3.8) is 0 Å². The van der Waals surface area contributed by atoms with Gasteiger partial charge in [0.1, 0.15) is 0 Å². The Hall–Kier alpha value is -0.530. The highest BCUT2D eigenvalue weighted by Gasteiger charge is 2.19. The van der Waals surface area contributed by atoms with E-state index in [1.807, 2.05) is 0 Å². The van der Waals surface area contributed by atoms with E-state index in [9.17, 15) is 4.79 Å². The predicted octanol–water partition coefficient (Wildman–Crippen LogP) is 7.30. The average molecular weight is 341 g/mol. The van der Waals surface area contributed by atoms with Crippen LogP contribution in [0.4, 0.5) is 0 Å². The lowest BCUT2D eigenvalue weighted by atomic mass is 9.95. The summed E-state index contributed by atoms with van der Waals surface area (Å²) in [6, 6.07) is 0. The molecule has 0 aromatic rings. The Morgan fingerprint density at radius 1 is 0.708 bits per heavy atom. The largest absolute Gasteiger partial charge is 0.465 e. The normalized spacial score (nSPS) is 13.7. The van der Waals surface area contributed by atoms with Gasteiger partial charge < -0.3 is 4.74 Å². The van der Waals surface area contributed by atoms with Crippen molar-refractivity contribution in [3.8, 4) is 0 Å². The minimum atomic E-state index is 0.0532. The van der Waals surface area contributed by atoms with Crippen molar-refractivity contribution in [3.05, 3.63) is 0 Å². The van der Waals surface area contributed by atoms with Crippen molar-refractivity contribution in [1.29, 1.82) is 0 Å². The highest BCUT2D eigenvalue weighted by Crippen LogP contribution is 2.21. The summed E-state index contributed by atoms with van der Waals surface area (Å²) in [7, 11) is 0. The van der Waals surface area contributed by atoms with Gasteiger partial charge in [-0.2, -0.15) is 0 Å². The first-order valence-corrected chi connectivity index (χ1v) is 10.9. The Morgan fingerprint density at radius 2 is 1.25 bits per heavy atom. The third-order valence-corrected chi connectivity index (χ3v) is 5.13. The van der Waals surface area contributed by atoms with Crippen LogP contribution in [0, 0.1) is 11.8 Å². The third-order valence-electron chi connectivity index (χ3n) is 5.13. The van der Waals surface area contributed by atoms with Gasteiger partial charge in [-0.1, -0.05) is 91.9 Å². The molecule has 144 valence electrons. The number of unbranched alkanes of at least 4 members (excludes halogenated alkanes) is 7. The summed E-state index contributed by atoms with van der Waals surface area (Å²) < 4.78 is 5.72. The molecule has 0 aromatic heterocycles. The lowest BCUT2D eigenvalue weighted by Gasteiger charge is -2.19. The molecule has 0 saturated carbocycles. The van der Waals surface area contributed by atoms with Crippen LogP contribution in [0.25, 0.3) is 0 Å². The van der Waals surface area contributed by atoms with Gasteiger partial charge in [0.05, 0.1) is 12.5 Å².